The molecule has 0 aromatic heterocycles. The predicted molar refractivity (Wildman–Crippen MR) is 127 cm³/mol. The molecule has 0 radical (unpaired) electrons. The molecule has 172 valence electrons. The molecule has 2 saturated carbocycles. The van der Waals surface area contributed by atoms with Gasteiger partial charge in [0.1, 0.15) is 0 Å². The van der Waals surface area contributed by atoms with Crippen molar-refractivity contribution in [1.29, 1.82) is 0 Å². The molecule has 2 fully saturated rings. The minimum Gasteiger partial charge on any atom is -0.334 e. The van der Waals surface area contributed by atoms with Gasteiger partial charge in [0.05, 0.1) is 0 Å². The van der Waals surface area contributed by atoms with Gasteiger partial charge < -0.3 is 16.0 Å². The summed E-state index contributed by atoms with van der Waals surface area (Å²) in [6, 6.07) is 8.14. The van der Waals surface area contributed by atoms with Gasteiger partial charge in [-0.3, -0.25) is 9.59 Å². The third-order valence-electron chi connectivity index (χ3n) is 6.73. The van der Waals surface area contributed by atoms with E-state index in [-0.39, 0.29) is 35.2 Å². The minimum absolute atomic E-state index is 0.0479. The summed E-state index contributed by atoms with van der Waals surface area (Å²) in [6.45, 7) is 6.89. The summed E-state index contributed by atoms with van der Waals surface area (Å²) < 4.78 is 0. The smallest absolute Gasteiger partial charge is 0.227 e. The van der Waals surface area contributed by atoms with Crippen molar-refractivity contribution in [1.82, 2.24) is 4.90 Å². The van der Waals surface area contributed by atoms with Crippen molar-refractivity contribution in [3.05, 3.63) is 29.8 Å². The maximum Gasteiger partial charge on any atom is 0.227 e. The zero-order chi connectivity index (χ0) is 22.4. The van der Waals surface area contributed by atoms with Crippen LogP contribution in [0.1, 0.15) is 90.5 Å². The van der Waals surface area contributed by atoms with Gasteiger partial charge in [-0.25, -0.2) is 0 Å². The second kappa shape index (κ2) is 10.6. The van der Waals surface area contributed by atoms with Gasteiger partial charge in [-0.15, -0.1) is 0 Å². The lowest BCUT2D eigenvalue weighted by Gasteiger charge is -2.39. The Hall–Kier alpha value is -1.88. The van der Waals surface area contributed by atoms with Gasteiger partial charge in [-0.05, 0) is 48.8 Å². The van der Waals surface area contributed by atoms with Crippen molar-refractivity contribution in [2.24, 2.45) is 17.1 Å². The maximum absolute atomic E-state index is 13.2. The van der Waals surface area contributed by atoms with Crippen LogP contribution in [-0.2, 0) is 16.1 Å². The van der Waals surface area contributed by atoms with Crippen molar-refractivity contribution in [3.8, 4) is 0 Å². The van der Waals surface area contributed by atoms with Crippen LogP contribution < -0.4 is 11.1 Å². The van der Waals surface area contributed by atoms with Crippen molar-refractivity contribution in [2.75, 3.05) is 5.32 Å². The normalized spacial score (nSPS) is 22.7. The first-order valence-electron chi connectivity index (χ1n) is 12.2. The molecule has 1 aromatic rings. The summed E-state index contributed by atoms with van der Waals surface area (Å²) in [5.41, 5.74) is 8.30. The zero-order valence-corrected chi connectivity index (χ0v) is 19.7. The van der Waals surface area contributed by atoms with Crippen LogP contribution in [0, 0.1) is 11.3 Å². The summed E-state index contributed by atoms with van der Waals surface area (Å²) in [4.78, 5) is 27.7. The number of anilines is 1. The summed E-state index contributed by atoms with van der Waals surface area (Å²) in [6.07, 6.45) is 10.3. The Kier molecular flexibility index (Phi) is 8.15. The maximum atomic E-state index is 13.2. The molecule has 0 heterocycles. The third kappa shape index (κ3) is 7.06. The molecule has 2 aliphatic rings. The number of rotatable bonds is 6. The number of nitrogens with two attached hydrogens (primary N) is 1. The van der Waals surface area contributed by atoms with Crippen LogP contribution in [0.25, 0.3) is 0 Å². The monoisotopic (exact) mass is 427 g/mol. The second-order valence-corrected chi connectivity index (χ2v) is 10.8. The standard InChI is InChI=1S/C26H41N3O2/c1-26(2,3)17-24(30)29(23-12-8-7-11-22(23)27)18-19-13-15-21(16-14-19)28-25(31)20-9-5-4-6-10-20/h13-16,20,22-23H,4-12,17-18,27H2,1-3H3,(H,28,31). The van der Waals surface area contributed by atoms with Crippen molar-refractivity contribution >= 4 is 17.5 Å². The summed E-state index contributed by atoms with van der Waals surface area (Å²) in [5.74, 6) is 0.471. The fraction of sp³-hybridized carbons (Fsp3) is 0.692. The number of hydrogen-bond acceptors (Lipinski definition) is 3. The van der Waals surface area contributed by atoms with Gasteiger partial charge in [0, 0.05) is 36.7 Å². The van der Waals surface area contributed by atoms with Crippen LogP contribution >= 0.6 is 0 Å². The van der Waals surface area contributed by atoms with Crippen molar-refractivity contribution in [2.45, 2.75) is 104 Å². The summed E-state index contributed by atoms with van der Waals surface area (Å²) in [5, 5.41) is 3.08. The highest BCUT2D eigenvalue weighted by atomic mass is 16.2. The average Bonchev–Trinajstić information content (AvgIpc) is 2.73. The van der Waals surface area contributed by atoms with E-state index < -0.39 is 0 Å². The van der Waals surface area contributed by atoms with Gasteiger partial charge in [-0.1, -0.05) is 65.0 Å². The molecule has 2 amide bonds. The number of hydrogen-bond donors (Lipinski definition) is 2. The van der Waals surface area contributed by atoms with Gasteiger partial charge in [0.25, 0.3) is 0 Å². The SMILES string of the molecule is CC(C)(C)CC(=O)N(Cc1ccc(NC(=O)C2CCCCC2)cc1)C1CCCCC1N. The molecule has 3 N–H and O–H groups in total. The minimum atomic E-state index is -0.0542. The van der Waals surface area contributed by atoms with Crippen LogP contribution in [-0.4, -0.2) is 28.8 Å². The Morgan fingerprint density at radius 1 is 0.968 bits per heavy atom. The van der Waals surface area contributed by atoms with Crippen LogP contribution in [0.3, 0.4) is 0 Å². The van der Waals surface area contributed by atoms with Crippen LogP contribution in [0.5, 0.6) is 0 Å². The highest BCUT2D eigenvalue weighted by Crippen LogP contribution is 2.28. The Morgan fingerprint density at radius 3 is 2.19 bits per heavy atom. The van der Waals surface area contributed by atoms with Crippen LogP contribution in [0.15, 0.2) is 24.3 Å². The molecule has 5 heteroatoms. The van der Waals surface area contributed by atoms with Gasteiger partial charge in [-0.2, -0.15) is 0 Å². The van der Waals surface area contributed by atoms with Crippen LogP contribution in [0.2, 0.25) is 0 Å². The van der Waals surface area contributed by atoms with E-state index in [0.29, 0.717) is 13.0 Å². The average molecular weight is 428 g/mol. The lowest BCUT2D eigenvalue weighted by Crippen LogP contribution is -2.52. The molecule has 1 aromatic carbocycles. The molecule has 0 aliphatic heterocycles. The van der Waals surface area contributed by atoms with Gasteiger partial charge in [0.2, 0.25) is 11.8 Å². The lowest BCUT2D eigenvalue weighted by atomic mass is 9.87. The largest absolute Gasteiger partial charge is 0.334 e. The zero-order valence-electron chi connectivity index (χ0n) is 19.7. The first kappa shape index (κ1) is 23.8. The van der Waals surface area contributed by atoms with E-state index in [9.17, 15) is 9.59 Å². The topological polar surface area (TPSA) is 75.4 Å². The van der Waals surface area contributed by atoms with E-state index in [4.69, 9.17) is 5.73 Å². The Labute approximate surface area is 188 Å². The Morgan fingerprint density at radius 2 is 1.58 bits per heavy atom. The molecule has 2 aliphatic carbocycles. The third-order valence-corrected chi connectivity index (χ3v) is 6.73. The highest BCUT2D eigenvalue weighted by molar-refractivity contribution is 5.92. The van der Waals surface area contributed by atoms with E-state index in [0.717, 1.165) is 62.6 Å². The predicted octanol–water partition coefficient (Wildman–Crippen LogP) is 5.24. The summed E-state index contributed by atoms with van der Waals surface area (Å²) >= 11 is 0. The number of carbonyl (C=O) groups excluding carboxylic acids is 2. The van der Waals surface area contributed by atoms with Gasteiger partial charge in [0.15, 0.2) is 0 Å². The van der Waals surface area contributed by atoms with E-state index in [2.05, 4.69) is 26.1 Å². The molecule has 5 nitrogen and oxygen atoms in total. The molecule has 31 heavy (non-hydrogen) atoms. The molecular weight excluding hydrogens is 386 g/mol. The number of carbonyl (C=O) groups is 2. The Balaban J connectivity index is 1.67. The molecule has 2 unspecified atom stereocenters. The first-order chi connectivity index (χ1) is 14.7. The molecule has 2 atom stereocenters. The van der Waals surface area contributed by atoms with Crippen molar-refractivity contribution in [3.63, 3.8) is 0 Å². The van der Waals surface area contributed by atoms with E-state index >= 15 is 0 Å². The van der Waals surface area contributed by atoms with E-state index in [1.54, 1.807) is 0 Å². The fourth-order valence-electron chi connectivity index (χ4n) is 4.97. The number of nitrogens with zero attached hydrogens (tertiary/aromatic N) is 1. The second-order valence-electron chi connectivity index (χ2n) is 10.8. The number of nitrogens with one attached hydrogen (secondary N) is 1. The number of amides is 2. The van der Waals surface area contributed by atoms with Crippen LogP contribution in [0.4, 0.5) is 5.69 Å². The molecular formula is C26H41N3O2. The lowest BCUT2D eigenvalue weighted by molar-refractivity contribution is -0.137. The molecule has 3 rings (SSSR count). The molecule has 0 spiro atoms. The Bertz CT molecular complexity index is 732. The quantitative estimate of drug-likeness (QED) is 0.652. The van der Waals surface area contributed by atoms with Gasteiger partial charge >= 0.3 is 0 Å². The van der Waals surface area contributed by atoms with E-state index in [1.165, 1.54) is 6.42 Å². The highest BCUT2D eigenvalue weighted by Gasteiger charge is 2.32. The fourth-order valence-corrected chi connectivity index (χ4v) is 4.97. The number of benzene rings is 1. The first-order valence-corrected chi connectivity index (χ1v) is 12.2. The van der Waals surface area contributed by atoms with Crippen molar-refractivity contribution < 1.29 is 9.59 Å². The summed E-state index contributed by atoms with van der Waals surface area (Å²) in [7, 11) is 0. The molecule has 0 saturated heterocycles. The molecule has 0 bridgehead atoms. The van der Waals surface area contributed by atoms with E-state index in [1.807, 2.05) is 29.2 Å².